The van der Waals surface area contributed by atoms with E-state index in [0.717, 1.165) is 38.9 Å². The van der Waals surface area contributed by atoms with E-state index in [0.29, 0.717) is 17.7 Å². The Kier molecular flexibility index (Phi) is 5.29. The minimum absolute atomic E-state index is 0.260. The second-order valence-corrected chi connectivity index (χ2v) is 8.03. The molecule has 0 aromatic heterocycles. The first-order valence-corrected chi connectivity index (χ1v) is 9.61. The van der Waals surface area contributed by atoms with Gasteiger partial charge in [-0.1, -0.05) is 51.0 Å². The lowest BCUT2D eigenvalue weighted by molar-refractivity contribution is -0.136. The number of nitrogens with one attached hydrogen (secondary N) is 1. The molecule has 2 fully saturated rings. The van der Waals surface area contributed by atoms with E-state index in [-0.39, 0.29) is 5.41 Å². The number of likely N-dealkylation sites (tertiary alicyclic amines) is 1. The summed E-state index contributed by atoms with van der Waals surface area (Å²) in [7, 11) is 2.00. The molecule has 3 nitrogen and oxygen atoms in total. The van der Waals surface area contributed by atoms with Crippen molar-refractivity contribution in [3.8, 4) is 0 Å². The van der Waals surface area contributed by atoms with Gasteiger partial charge in [0.15, 0.2) is 0 Å². The molecule has 3 rings (SSSR count). The maximum absolute atomic E-state index is 13.4. The highest BCUT2D eigenvalue weighted by molar-refractivity contribution is 5.89. The van der Waals surface area contributed by atoms with Gasteiger partial charge in [0.25, 0.3) is 0 Å². The average molecular weight is 329 g/mol. The molecular weight excluding hydrogens is 296 g/mol. The van der Waals surface area contributed by atoms with Gasteiger partial charge in [-0.25, -0.2) is 0 Å². The number of benzene rings is 1. The molecule has 132 valence electrons. The molecule has 0 radical (unpaired) electrons. The Bertz CT molecular complexity index is 558. The van der Waals surface area contributed by atoms with E-state index in [1.165, 1.54) is 24.0 Å². The standard InChI is InChI=1S/C21H32N2O/c1-16(2)18-6-8-19(9-7-18)21(11-4-5-12-21)20(24)23-13-10-17(15-23)14-22-3/h6-9,16-17,22H,4-5,10-15H2,1-3H3. The summed E-state index contributed by atoms with van der Waals surface area (Å²) in [6, 6.07) is 8.89. The third-order valence-corrected chi connectivity index (χ3v) is 6.06. The second-order valence-electron chi connectivity index (χ2n) is 8.03. The van der Waals surface area contributed by atoms with Gasteiger partial charge in [0, 0.05) is 13.1 Å². The van der Waals surface area contributed by atoms with E-state index in [2.05, 4.69) is 48.3 Å². The van der Waals surface area contributed by atoms with Gasteiger partial charge >= 0.3 is 0 Å². The fourth-order valence-corrected chi connectivity index (χ4v) is 4.57. The fraction of sp³-hybridized carbons (Fsp3) is 0.667. The highest BCUT2D eigenvalue weighted by Crippen LogP contribution is 2.43. The van der Waals surface area contributed by atoms with Gasteiger partial charge in [0.05, 0.1) is 5.41 Å². The van der Waals surface area contributed by atoms with Crippen LogP contribution in [0.25, 0.3) is 0 Å². The maximum Gasteiger partial charge on any atom is 0.233 e. The summed E-state index contributed by atoms with van der Waals surface area (Å²) in [5.41, 5.74) is 2.34. The monoisotopic (exact) mass is 328 g/mol. The summed E-state index contributed by atoms with van der Waals surface area (Å²) in [5.74, 6) is 1.53. The number of nitrogens with zero attached hydrogens (tertiary/aromatic N) is 1. The van der Waals surface area contributed by atoms with Crippen LogP contribution in [-0.4, -0.2) is 37.5 Å². The normalized spacial score (nSPS) is 23.2. The summed E-state index contributed by atoms with van der Waals surface area (Å²) in [5, 5.41) is 3.26. The molecule has 1 atom stereocenters. The molecule has 0 spiro atoms. The molecule has 1 unspecified atom stereocenters. The molecule has 1 aliphatic carbocycles. The van der Waals surface area contributed by atoms with Crippen LogP contribution in [0.15, 0.2) is 24.3 Å². The number of carbonyl (C=O) groups excluding carboxylic acids is 1. The van der Waals surface area contributed by atoms with Crippen LogP contribution in [0.3, 0.4) is 0 Å². The van der Waals surface area contributed by atoms with Crippen molar-refractivity contribution in [3.63, 3.8) is 0 Å². The van der Waals surface area contributed by atoms with Gasteiger partial charge in [-0.15, -0.1) is 0 Å². The van der Waals surface area contributed by atoms with Crippen molar-refractivity contribution < 1.29 is 4.79 Å². The predicted octanol–water partition coefficient (Wildman–Crippen LogP) is 3.69. The highest BCUT2D eigenvalue weighted by atomic mass is 16.2. The zero-order valence-corrected chi connectivity index (χ0v) is 15.5. The van der Waals surface area contributed by atoms with Crippen molar-refractivity contribution >= 4 is 5.91 Å². The average Bonchev–Trinajstić information content (AvgIpc) is 3.25. The Balaban J connectivity index is 1.82. The zero-order chi connectivity index (χ0) is 17.2. The molecule has 1 heterocycles. The third kappa shape index (κ3) is 3.23. The fourth-order valence-electron chi connectivity index (χ4n) is 4.57. The lowest BCUT2D eigenvalue weighted by Crippen LogP contribution is -2.44. The zero-order valence-electron chi connectivity index (χ0n) is 15.5. The molecular formula is C21H32N2O. The van der Waals surface area contributed by atoms with Crippen molar-refractivity contribution in [2.45, 2.75) is 57.3 Å². The van der Waals surface area contributed by atoms with Gasteiger partial charge in [-0.05, 0) is 55.8 Å². The van der Waals surface area contributed by atoms with Crippen LogP contribution in [0.5, 0.6) is 0 Å². The number of rotatable bonds is 5. The second kappa shape index (κ2) is 7.26. The summed E-state index contributed by atoms with van der Waals surface area (Å²) >= 11 is 0. The van der Waals surface area contributed by atoms with E-state index in [9.17, 15) is 4.79 Å². The summed E-state index contributed by atoms with van der Waals surface area (Å²) in [4.78, 5) is 15.6. The molecule has 1 saturated heterocycles. The topological polar surface area (TPSA) is 32.3 Å². The first-order valence-electron chi connectivity index (χ1n) is 9.61. The lowest BCUT2D eigenvalue weighted by Gasteiger charge is -2.33. The Morgan fingerprint density at radius 1 is 1.25 bits per heavy atom. The number of hydrogen-bond donors (Lipinski definition) is 1. The van der Waals surface area contributed by atoms with E-state index in [1.807, 2.05) is 7.05 Å². The van der Waals surface area contributed by atoms with Gasteiger partial charge in [-0.3, -0.25) is 4.79 Å². The van der Waals surface area contributed by atoms with Crippen LogP contribution < -0.4 is 5.32 Å². The Hall–Kier alpha value is -1.35. The molecule has 1 aliphatic heterocycles. The van der Waals surface area contributed by atoms with Crippen LogP contribution in [0, 0.1) is 5.92 Å². The van der Waals surface area contributed by atoms with E-state index in [1.54, 1.807) is 0 Å². The minimum Gasteiger partial charge on any atom is -0.342 e. The molecule has 1 aromatic carbocycles. The molecule has 1 aromatic rings. The molecule has 0 bridgehead atoms. The van der Waals surface area contributed by atoms with E-state index >= 15 is 0 Å². The predicted molar refractivity (Wildman–Crippen MR) is 99.3 cm³/mol. The number of amides is 1. The van der Waals surface area contributed by atoms with Crippen LogP contribution in [0.4, 0.5) is 0 Å². The Labute approximate surface area is 146 Å². The van der Waals surface area contributed by atoms with Crippen molar-refractivity contribution in [1.29, 1.82) is 0 Å². The van der Waals surface area contributed by atoms with Crippen LogP contribution >= 0.6 is 0 Å². The van der Waals surface area contributed by atoms with Crippen molar-refractivity contribution in [1.82, 2.24) is 10.2 Å². The minimum atomic E-state index is -0.260. The quantitative estimate of drug-likeness (QED) is 0.894. The van der Waals surface area contributed by atoms with Crippen LogP contribution in [-0.2, 0) is 10.2 Å². The highest BCUT2D eigenvalue weighted by Gasteiger charge is 2.46. The van der Waals surface area contributed by atoms with Crippen molar-refractivity contribution in [2.75, 3.05) is 26.7 Å². The van der Waals surface area contributed by atoms with Gasteiger partial charge in [-0.2, -0.15) is 0 Å². The molecule has 1 saturated carbocycles. The van der Waals surface area contributed by atoms with Gasteiger partial charge in [0.1, 0.15) is 0 Å². The van der Waals surface area contributed by atoms with Crippen molar-refractivity contribution in [2.24, 2.45) is 5.92 Å². The lowest BCUT2D eigenvalue weighted by atomic mass is 9.77. The third-order valence-electron chi connectivity index (χ3n) is 6.06. The van der Waals surface area contributed by atoms with Crippen LogP contribution in [0.2, 0.25) is 0 Å². The van der Waals surface area contributed by atoms with E-state index < -0.39 is 0 Å². The number of hydrogen-bond acceptors (Lipinski definition) is 2. The summed E-state index contributed by atoms with van der Waals surface area (Å²) in [6.07, 6.45) is 5.51. The van der Waals surface area contributed by atoms with E-state index in [4.69, 9.17) is 0 Å². The SMILES string of the molecule is CNCC1CCN(C(=O)C2(c3ccc(C(C)C)cc3)CCCC2)C1. The molecule has 3 heteroatoms. The summed E-state index contributed by atoms with van der Waals surface area (Å²) in [6.45, 7) is 7.30. The maximum atomic E-state index is 13.4. The van der Waals surface area contributed by atoms with Crippen molar-refractivity contribution in [3.05, 3.63) is 35.4 Å². The molecule has 1 N–H and O–H groups in total. The summed E-state index contributed by atoms with van der Waals surface area (Å²) < 4.78 is 0. The molecule has 24 heavy (non-hydrogen) atoms. The molecule has 2 aliphatic rings. The van der Waals surface area contributed by atoms with Gasteiger partial charge in [0.2, 0.25) is 5.91 Å². The first kappa shape index (κ1) is 17.5. The van der Waals surface area contributed by atoms with Crippen LogP contribution in [0.1, 0.15) is 63.0 Å². The smallest absolute Gasteiger partial charge is 0.233 e. The Morgan fingerprint density at radius 2 is 1.92 bits per heavy atom. The van der Waals surface area contributed by atoms with Gasteiger partial charge < -0.3 is 10.2 Å². The largest absolute Gasteiger partial charge is 0.342 e. The Morgan fingerprint density at radius 3 is 2.50 bits per heavy atom. The first-order chi connectivity index (χ1) is 11.6. The number of carbonyl (C=O) groups is 1. The molecule has 1 amide bonds.